The number of nitrogens with one attached hydrogen (secondary N) is 2. The molecule has 0 amide bonds. The predicted molar refractivity (Wildman–Crippen MR) is 137 cm³/mol. The Morgan fingerprint density at radius 2 is 2.00 bits per heavy atom. The molecule has 4 N–H and O–H groups in total. The molecule has 0 atom stereocenters. The first-order valence-corrected chi connectivity index (χ1v) is 11.7. The van der Waals surface area contributed by atoms with E-state index in [1.165, 1.54) is 23.4 Å². The number of anilines is 1. The molecule has 2 aromatic rings. The number of benzene rings is 1. The van der Waals surface area contributed by atoms with Crippen molar-refractivity contribution in [2.75, 3.05) is 25.0 Å². The maximum atomic E-state index is 13.5. The minimum absolute atomic E-state index is 0.0349. The molecule has 0 radical (unpaired) electrons. The van der Waals surface area contributed by atoms with Crippen LogP contribution in [0.2, 0.25) is 0 Å². The fourth-order valence-corrected chi connectivity index (χ4v) is 4.39. The second-order valence-corrected chi connectivity index (χ2v) is 8.88. The van der Waals surface area contributed by atoms with Crippen molar-refractivity contribution >= 4 is 29.6 Å². The molecule has 1 aliphatic heterocycles. The number of piperidine rings is 1. The summed E-state index contributed by atoms with van der Waals surface area (Å²) in [6, 6.07) is 9.48. The molecule has 2 aliphatic rings. The fourth-order valence-electron chi connectivity index (χ4n) is 4.39. The summed E-state index contributed by atoms with van der Waals surface area (Å²) in [5, 5.41) is 26.1. The fraction of sp³-hybridized carbons (Fsp3) is 0.346. The van der Waals surface area contributed by atoms with Gasteiger partial charge in [0.25, 0.3) is 0 Å². The van der Waals surface area contributed by atoms with Crippen molar-refractivity contribution in [2.24, 2.45) is 16.6 Å². The molecule has 35 heavy (non-hydrogen) atoms. The number of allylic oxidation sites excluding steroid dienone is 1. The van der Waals surface area contributed by atoms with Crippen molar-refractivity contribution in [1.82, 2.24) is 9.88 Å². The Kier molecular flexibility index (Phi) is 7.20. The Labute approximate surface area is 204 Å². The number of rotatable bonds is 7. The van der Waals surface area contributed by atoms with Crippen molar-refractivity contribution in [3.05, 3.63) is 53.7 Å². The van der Waals surface area contributed by atoms with Gasteiger partial charge in [0.15, 0.2) is 0 Å². The minimum Gasteiger partial charge on any atom is -0.404 e. The maximum absolute atomic E-state index is 13.5. The third-order valence-electron chi connectivity index (χ3n) is 6.56. The molecule has 2 fully saturated rings. The number of halogens is 1. The lowest BCUT2D eigenvalue weighted by molar-refractivity contribution is 0.473. The molecule has 8 nitrogen and oxygen atoms in total. The lowest BCUT2D eigenvalue weighted by Gasteiger charge is -2.37. The summed E-state index contributed by atoms with van der Waals surface area (Å²) in [6.07, 6.45) is 9.42. The van der Waals surface area contributed by atoms with Crippen molar-refractivity contribution in [3.8, 4) is 17.2 Å². The predicted octanol–water partition coefficient (Wildman–Crippen LogP) is 4.02. The van der Waals surface area contributed by atoms with E-state index in [4.69, 9.17) is 16.6 Å². The van der Waals surface area contributed by atoms with Gasteiger partial charge in [-0.2, -0.15) is 9.65 Å². The SMILES string of the molecule is CN(C=N)C(=N)C1CCN(c2c(-c3ccc(F)nc3)ccc(/C(C=NC3CC3)=C/N)c2C#N)CC1. The highest BCUT2D eigenvalue weighted by molar-refractivity contribution is 6.11. The third kappa shape index (κ3) is 5.22. The van der Waals surface area contributed by atoms with Gasteiger partial charge in [0.2, 0.25) is 5.95 Å². The molecular formula is C26H29FN8. The lowest BCUT2D eigenvalue weighted by Crippen LogP contribution is -2.41. The zero-order valence-electron chi connectivity index (χ0n) is 19.7. The van der Waals surface area contributed by atoms with Crippen LogP contribution in [0.1, 0.15) is 36.8 Å². The first-order valence-electron chi connectivity index (χ1n) is 11.7. The quantitative estimate of drug-likeness (QED) is 0.318. The van der Waals surface area contributed by atoms with Crippen molar-refractivity contribution < 1.29 is 4.39 Å². The van der Waals surface area contributed by atoms with Crippen LogP contribution < -0.4 is 10.6 Å². The molecule has 0 bridgehead atoms. The average molecular weight is 473 g/mol. The molecular weight excluding hydrogens is 443 g/mol. The monoisotopic (exact) mass is 472 g/mol. The zero-order valence-corrected chi connectivity index (χ0v) is 19.7. The second kappa shape index (κ2) is 10.5. The summed E-state index contributed by atoms with van der Waals surface area (Å²) in [5.41, 5.74) is 10.1. The van der Waals surface area contributed by atoms with Crippen molar-refractivity contribution in [2.45, 2.75) is 31.7 Å². The van der Waals surface area contributed by atoms with E-state index in [0.717, 1.165) is 43.3 Å². The van der Waals surface area contributed by atoms with Gasteiger partial charge in [-0.3, -0.25) is 15.8 Å². The van der Waals surface area contributed by atoms with Gasteiger partial charge in [-0.05, 0) is 37.8 Å². The summed E-state index contributed by atoms with van der Waals surface area (Å²) in [7, 11) is 1.71. The van der Waals surface area contributed by atoms with Gasteiger partial charge in [-0.1, -0.05) is 12.1 Å². The molecule has 1 aromatic heterocycles. The van der Waals surface area contributed by atoms with Crippen LogP contribution in [-0.4, -0.2) is 54.5 Å². The Morgan fingerprint density at radius 1 is 1.26 bits per heavy atom. The van der Waals surface area contributed by atoms with E-state index in [0.29, 0.717) is 47.2 Å². The summed E-state index contributed by atoms with van der Waals surface area (Å²) >= 11 is 0. The topological polar surface area (TPSA) is 129 Å². The van der Waals surface area contributed by atoms with Gasteiger partial charge in [0.05, 0.1) is 23.6 Å². The van der Waals surface area contributed by atoms with Crippen molar-refractivity contribution in [1.29, 1.82) is 16.1 Å². The molecule has 2 heterocycles. The first-order chi connectivity index (χ1) is 17.0. The number of hydrogen-bond acceptors (Lipinski definition) is 7. The summed E-state index contributed by atoms with van der Waals surface area (Å²) in [5.74, 6) is -0.110. The number of pyridine rings is 1. The van der Waals surface area contributed by atoms with Gasteiger partial charge < -0.3 is 15.5 Å². The average Bonchev–Trinajstić information content (AvgIpc) is 3.73. The van der Waals surface area contributed by atoms with Gasteiger partial charge in [0.1, 0.15) is 11.9 Å². The Morgan fingerprint density at radius 3 is 2.57 bits per heavy atom. The van der Waals surface area contributed by atoms with Gasteiger partial charge in [-0.25, -0.2) is 4.98 Å². The van der Waals surface area contributed by atoms with Crippen LogP contribution >= 0.6 is 0 Å². The molecule has 1 saturated carbocycles. The van der Waals surface area contributed by atoms with Crippen LogP contribution in [0.4, 0.5) is 10.1 Å². The molecule has 0 spiro atoms. The van der Waals surface area contributed by atoms with E-state index in [1.807, 2.05) is 12.1 Å². The molecule has 1 aliphatic carbocycles. The summed E-state index contributed by atoms with van der Waals surface area (Å²) < 4.78 is 13.5. The summed E-state index contributed by atoms with van der Waals surface area (Å²) in [6.45, 7) is 1.27. The van der Waals surface area contributed by atoms with E-state index in [-0.39, 0.29) is 5.92 Å². The normalized spacial score (nSPS) is 16.8. The van der Waals surface area contributed by atoms with Crippen LogP contribution in [0.25, 0.3) is 16.7 Å². The van der Waals surface area contributed by atoms with Crippen LogP contribution in [0.3, 0.4) is 0 Å². The number of hydrogen-bond donors (Lipinski definition) is 3. The number of aromatic nitrogens is 1. The molecule has 1 aromatic carbocycles. The zero-order chi connectivity index (χ0) is 24.9. The highest BCUT2D eigenvalue weighted by Crippen LogP contribution is 2.39. The number of aliphatic imine (C=N–C) groups is 1. The number of nitrogens with two attached hydrogens (primary N) is 1. The first kappa shape index (κ1) is 24.1. The minimum atomic E-state index is -0.563. The number of nitrogens with zero attached hydrogens (tertiary/aromatic N) is 5. The molecule has 9 heteroatoms. The van der Waals surface area contributed by atoms with E-state index >= 15 is 0 Å². The Hall–Kier alpha value is -4.06. The second-order valence-electron chi connectivity index (χ2n) is 8.88. The Balaban J connectivity index is 1.75. The molecule has 4 rings (SSSR count). The van der Waals surface area contributed by atoms with Crippen LogP contribution in [0.15, 0.2) is 41.7 Å². The van der Waals surface area contributed by atoms with E-state index in [1.54, 1.807) is 19.3 Å². The molecule has 1 saturated heterocycles. The van der Waals surface area contributed by atoms with Crippen LogP contribution in [0, 0.1) is 34.0 Å². The van der Waals surface area contributed by atoms with Crippen LogP contribution in [-0.2, 0) is 0 Å². The standard InChI is InChI=1S/C26H29FN8/c1-34(16-30)26(31)17-8-10-35(11-9-17)25-22(18-2-7-24(27)33-14-18)6-5-21(23(25)13-29)19(12-28)15-32-20-3-4-20/h2,5-7,12,14-17,20,30-31H,3-4,8-11,28H2,1H3/b19-12+,30-16?,31-26?,32-15?. The maximum Gasteiger partial charge on any atom is 0.212 e. The third-order valence-corrected chi connectivity index (χ3v) is 6.56. The molecule has 0 unspecified atom stereocenters. The molecule has 180 valence electrons. The largest absolute Gasteiger partial charge is 0.404 e. The van der Waals surface area contributed by atoms with E-state index < -0.39 is 5.95 Å². The van der Waals surface area contributed by atoms with Gasteiger partial charge in [0, 0.05) is 66.9 Å². The summed E-state index contributed by atoms with van der Waals surface area (Å²) in [4.78, 5) is 12.0. The highest BCUT2D eigenvalue weighted by atomic mass is 19.1. The lowest BCUT2D eigenvalue weighted by atomic mass is 9.90. The number of nitriles is 1. The van der Waals surface area contributed by atoms with Crippen molar-refractivity contribution in [3.63, 3.8) is 0 Å². The Bertz CT molecular complexity index is 1200. The number of amidine groups is 1. The van der Waals surface area contributed by atoms with E-state index in [9.17, 15) is 9.65 Å². The van der Waals surface area contributed by atoms with E-state index in [2.05, 4.69) is 20.9 Å². The smallest absolute Gasteiger partial charge is 0.212 e. The highest BCUT2D eigenvalue weighted by Gasteiger charge is 2.28. The van der Waals surface area contributed by atoms with Gasteiger partial charge >= 0.3 is 0 Å². The van der Waals surface area contributed by atoms with Gasteiger partial charge in [-0.15, -0.1) is 0 Å². The van der Waals surface area contributed by atoms with Crippen LogP contribution in [0.5, 0.6) is 0 Å².